The van der Waals surface area contributed by atoms with Crippen molar-refractivity contribution in [3.05, 3.63) is 64.8 Å². The van der Waals surface area contributed by atoms with Gasteiger partial charge in [0.2, 0.25) is 0 Å². The van der Waals surface area contributed by atoms with Crippen molar-refractivity contribution in [2.24, 2.45) is 5.92 Å². The normalized spacial score (nSPS) is 14.7. The molecule has 1 fully saturated rings. The predicted molar refractivity (Wildman–Crippen MR) is 111 cm³/mol. The maximum atomic E-state index is 12.9. The molecule has 1 aliphatic heterocycles. The van der Waals surface area contributed by atoms with Crippen LogP contribution in [0.1, 0.15) is 39.3 Å². The Kier molecular flexibility index (Phi) is 5.90. The number of benzene rings is 1. The number of nitrogens with one attached hydrogen (secondary N) is 1. The number of hydrogen-bond donors (Lipinski definition) is 1. The Morgan fingerprint density at radius 2 is 2.00 bits per heavy atom. The van der Waals surface area contributed by atoms with Crippen LogP contribution >= 0.6 is 11.6 Å². The topological polar surface area (TPSA) is 88.6 Å². The highest BCUT2D eigenvalue weighted by Crippen LogP contribution is 2.31. The fraction of sp³-hybridized carbons (Fsp3) is 0.318. The molecule has 0 unspecified atom stereocenters. The first-order valence-electron chi connectivity index (χ1n) is 9.85. The molecule has 3 heterocycles. The minimum Gasteiger partial charge on any atom is -0.472 e. The van der Waals surface area contributed by atoms with Gasteiger partial charge >= 0.3 is 0 Å². The number of likely N-dealkylation sites (tertiary alicyclic amines) is 1. The summed E-state index contributed by atoms with van der Waals surface area (Å²) in [6, 6.07) is 8.89. The molecule has 1 aliphatic rings. The number of carbonyl (C=O) groups excluding carboxylic acids is 2. The fourth-order valence-corrected chi connectivity index (χ4v) is 3.94. The van der Waals surface area contributed by atoms with Crippen LogP contribution < -0.4 is 5.32 Å². The summed E-state index contributed by atoms with van der Waals surface area (Å²) in [5, 5.41) is 7.55. The van der Waals surface area contributed by atoms with Gasteiger partial charge in [-0.3, -0.25) is 9.59 Å². The molecule has 3 aromatic rings. The van der Waals surface area contributed by atoms with Crippen LogP contribution in [0, 0.1) is 12.8 Å². The lowest BCUT2D eigenvalue weighted by atomic mass is 9.96. The Hall–Kier alpha value is -3.06. The second-order valence-electron chi connectivity index (χ2n) is 7.40. The lowest BCUT2D eigenvalue weighted by Gasteiger charge is -2.31. The molecule has 2 amide bonds. The van der Waals surface area contributed by atoms with E-state index in [0.717, 1.165) is 12.8 Å². The van der Waals surface area contributed by atoms with Crippen molar-refractivity contribution in [1.82, 2.24) is 15.4 Å². The molecule has 0 radical (unpaired) electrons. The number of halogens is 1. The third-order valence-electron chi connectivity index (χ3n) is 5.44. The molecular formula is C22H22ClN3O4. The Morgan fingerprint density at radius 1 is 1.23 bits per heavy atom. The number of carbonyl (C=O) groups is 2. The van der Waals surface area contributed by atoms with E-state index in [2.05, 4.69) is 10.5 Å². The molecule has 7 nitrogen and oxygen atoms in total. The van der Waals surface area contributed by atoms with Crippen LogP contribution in [-0.4, -0.2) is 41.5 Å². The summed E-state index contributed by atoms with van der Waals surface area (Å²) in [6.07, 6.45) is 4.61. The minimum absolute atomic E-state index is 0.0179. The van der Waals surface area contributed by atoms with Crippen molar-refractivity contribution in [2.75, 3.05) is 19.6 Å². The summed E-state index contributed by atoms with van der Waals surface area (Å²) in [5.41, 5.74) is 2.07. The molecule has 0 aliphatic carbocycles. The average Bonchev–Trinajstić information content (AvgIpc) is 3.42. The maximum absolute atomic E-state index is 12.9. The van der Waals surface area contributed by atoms with E-state index in [9.17, 15) is 9.59 Å². The molecule has 1 N–H and O–H groups in total. The van der Waals surface area contributed by atoms with E-state index < -0.39 is 0 Å². The Balaban J connectivity index is 1.36. The molecule has 0 saturated carbocycles. The van der Waals surface area contributed by atoms with E-state index in [1.54, 1.807) is 19.1 Å². The number of hydrogen-bond acceptors (Lipinski definition) is 5. The van der Waals surface area contributed by atoms with Crippen molar-refractivity contribution in [1.29, 1.82) is 0 Å². The molecule has 1 aromatic carbocycles. The predicted octanol–water partition coefficient (Wildman–Crippen LogP) is 4.18. The Bertz CT molecular complexity index is 1040. The number of rotatable bonds is 5. The van der Waals surface area contributed by atoms with Crippen LogP contribution in [0.3, 0.4) is 0 Å². The highest BCUT2D eigenvalue weighted by molar-refractivity contribution is 6.33. The smallest absolute Gasteiger partial charge is 0.257 e. The van der Waals surface area contributed by atoms with E-state index in [1.807, 2.05) is 23.1 Å². The van der Waals surface area contributed by atoms with Crippen LogP contribution in [0.15, 0.2) is 51.8 Å². The third kappa shape index (κ3) is 4.11. The first-order valence-corrected chi connectivity index (χ1v) is 10.2. The van der Waals surface area contributed by atoms with Gasteiger partial charge in [0, 0.05) is 25.2 Å². The van der Waals surface area contributed by atoms with Crippen LogP contribution in [-0.2, 0) is 0 Å². The molecule has 156 valence electrons. The van der Waals surface area contributed by atoms with Crippen molar-refractivity contribution in [2.45, 2.75) is 19.8 Å². The van der Waals surface area contributed by atoms with Crippen LogP contribution in [0.5, 0.6) is 0 Å². The summed E-state index contributed by atoms with van der Waals surface area (Å²) in [5.74, 6) is 0.491. The highest BCUT2D eigenvalue weighted by Gasteiger charge is 2.26. The van der Waals surface area contributed by atoms with E-state index >= 15 is 0 Å². The van der Waals surface area contributed by atoms with Gasteiger partial charge in [-0.1, -0.05) is 35.0 Å². The van der Waals surface area contributed by atoms with Gasteiger partial charge in [-0.05, 0) is 37.8 Å². The molecule has 30 heavy (non-hydrogen) atoms. The van der Waals surface area contributed by atoms with Gasteiger partial charge in [-0.2, -0.15) is 0 Å². The zero-order valence-corrected chi connectivity index (χ0v) is 17.3. The number of aromatic nitrogens is 1. The van der Waals surface area contributed by atoms with E-state index in [0.29, 0.717) is 58.7 Å². The van der Waals surface area contributed by atoms with Gasteiger partial charge in [0.15, 0.2) is 0 Å². The average molecular weight is 428 g/mol. The van der Waals surface area contributed by atoms with Gasteiger partial charge in [0.05, 0.1) is 16.8 Å². The highest BCUT2D eigenvalue weighted by atomic mass is 35.5. The van der Waals surface area contributed by atoms with Crippen LogP contribution in [0.4, 0.5) is 0 Å². The number of aryl methyl sites for hydroxylation is 1. The Morgan fingerprint density at radius 3 is 2.70 bits per heavy atom. The molecule has 2 aromatic heterocycles. The van der Waals surface area contributed by atoms with Gasteiger partial charge in [0.25, 0.3) is 11.8 Å². The minimum atomic E-state index is -0.236. The fourth-order valence-electron chi connectivity index (χ4n) is 3.71. The van der Waals surface area contributed by atoms with Gasteiger partial charge in [0.1, 0.15) is 23.3 Å². The molecule has 0 bridgehead atoms. The van der Waals surface area contributed by atoms with Gasteiger partial charge in [-0.25, -0.2) is 0 Å². The van der Waals surface area contributed by atoms with Crippen LogP contribution in [0.25, 0.3) is 11.3 Å². The van der Waals surface area contributed by atoms with Crippen LogP contribution in [0.2, 0.25) is 5.02 Å². The Labute approximate surface area is 179 Å². The van der Waals surface area contributed by atoms with Gasteiger partial charge < -0.3 is 19.2 Å². The number of nitrogens with zero attached hydrogens (tertiary/aromatic N) is 2. The monoisotopic (exact) mass is 427 g/mol. The summed E-state index contributed by atoms with van der Waals surface area (Å²) < 4.78 is 10.3. The lowest BCUT2D eigenvalue weighted by Crippen LogP contribution is -2.41. The van der Waals surface area contributed by atoms with Crippen molar-refractivity contribution < 1.29 is 18.5 Å². The largest absolute Gasteiger partial charge is 0.472 e. The summed E-state index contributed by atoms with van der Waals surface area (Å²) in [6.45, 7) is 3.55. The van der Waals surface area contributed by atoms with Crippen molar-refractivity contribution in [3.63, 3.8) is 0 Å². The lowest BCUT2D eigenvalue weighted by molar-refractivity contribution is 0.0683. The van der Waals surface area contributed by atoms with E-state index in [4.69, 9.17) is 20.5 Å². The van der Waals surface area contributed by atoms with Crippen molar-refractivity contribution in [3.8, 4) is 11.3 Å². The summed E-state index contributed by atoms with van der Waals surface area (Å²) in [7, 11) is 0. The number of furan rings is 1. The maximum Gasteiger partial charge on any atom is 0.257 e. The second kappa shape index (κ2) is 8.75. The molecule has 4 rings (SSSR count). The van der Waals surface area contributed by atoms with Gasteiger partial charge in [-0.15, -0.1) is 0 Å². The number of amides is 2. The van der Waals surface area contributed by atoms with Crippen molar-refractivity contribution >= 4 is 23.4 Å². The molecule has 8 heteroatoms. The first kappa shape index (κ1) is 20.2. The standard InChI is InChI=1S/C22H22ClN3O4/c1-14-19(20(25-30-14)17-4-2-3-5-18(17)23)21(27)24-12-15-6-9-26(10-7-15)22(28)16-8-11-29-13-16/h2-5,8,11,13,15H,6-7,9-10,12H2,1H3,(H,24,27). The second-order valence-corrected chi connectivity index (χ2v) is 7.81. The third-order valence-corrected chi connectivity index (χ3v) is 5.77. The quantitative estimate of drug-likeness (QED) is 0.659. The molecule has 1 saturated heterocycles. The SMILES string of the molecule is Cc1onc(-c2ccccc2Cl)c1C(=O)NCC1CCN(C(=O)c2ccoc2)CC1. The zero-order valence-electron chi connectivity index (χ0n) is 16.6. The zero-order chi connectivity index (χ0) is 21.1. The van der Waals surface area contributed by atoms with E-state index in [1.165, 1.54) is 12.5 Å². The molecule has 0 spiro atoms. The number of piperidine rings is 1. The molecule has 0 atom stereocenters. The van der Waals surface area contributed by atoms with E-state index in [-0.39, 0.29) is 11.8 Å². The first-order chi connectivity index (χ1) is 14.5. The molecular weight excluding hydrogens is 406 g/mol. The summed E-state index contributed by atoms with van der Waals surface area (Å²) >= 11 is 6.27. The summed E-state index contributed by atoms with van der Waals surface area (Å²) in [4.78, 5) is 27.1.